The van der Waals surface area contributed by atoms with Crippen LogP contribution in [0.2, 0.25) is 0 Å². The molecule has 1 aromatic carbocycles. The number of benzene rings is 1. The van der Waals surface area contributed by atoms with Crippen molar-refractivity contribution in [1.29, 1.82) is 5.41 Å². The van der Waals surface area contributed by atoms with Crippen LogP contribution in [0.25, 0.3) is 0 Å². The van der Waals surface area contributed by atoms with Crippen molar-refractivity contribution >= 4 is 5.84 Å². The van der Waals surface area contributed by atoms with Gasteiger partial charge in [-0.05, 0) is 32.9 Å². The van der Waals surface area contributed by atoms with Crippen molar-refractivity contribution in [2.75, 3.05) is 6.54 Å². The van der Waals surface area contributed by atoms with Crippen LogP contribution in [0.5, 0.6) is 0 Å². The number of halogens is 1. The third kappa shape index (κ3) is 4.93. The van der Waals surface area contributed by atoms with Crippen LogP contribution < -0.4 is 5.73 Å². The van der Waals surface area contributed by atoms with Gasteiger partial charge in [0.15, 0.2) is 0 Å². The predicted molar refractivity (Wildman–Crippen MR) is 82.5 cm³/mol. The molecule has 1 rings (SSSR count). The lowest BCUT2D eigenvalue weighted by atomic mass is 10.1. The van der Waals surface area contributed by atoms with Crippen molar-refractivity contribution in [3.8, 4) is 0 Å². The molecule has 4 heteroatoms. The van der Waals surface area contributed by atoms with Gasteiger partial charge in [0.25, 0.3) is 0 Å². The predicted octanol–water partition coefficient (Wildman–Crippen LogP) is 3.51. The molecule has 0 aromatic heterocycles. The first kappa shape index (κ1) is 16.6. The second-order valence-electron chi connectivity index (χ2n) is 5.49. The van der Waals surface area contributed by atoms with Crippen LogP contribution in [0.1, 0.15) is 51.2 Å². The molecule has 0 aliphatic carbocycles. The van der Waals surface area contributed by atoms with E-state index in [-0.39, 0.29) is 11.7 Å². The summed E-state index contributed by atoms with van der Waals surface area (Å²) < 4.78 is 14.0. The first-order chi connectivity index (χ1) is 9.45. The van der Waals surface area contributed by atoms with Gasteiger partial charge >= 0.3 is 0 Å². The summed E-state index contributed by atoms with van der Waals surface area (Å²) in [7, 11) is 0. The molecule has 0 bridgehead atoms. The molecule has 0 radical (unpaired) electrons. The molecule has 0 aliphatic heterocycles. The van der Waals surface area contributed by atoms with E-state index < -0.39 is 0 Å². The normalized spacial score (nSPS) is 11.3. The molecule has 0 atom stereocenters. The van der Waals surface area contributed by atoms with E-state index in [9.17, 15) is 4.39 Å². The van der Waals surface area contributed by atoms with E-state index in [1.54, 1.807) is 12.1 Å². The molecule has 112 valence electrons. The highest BCUT2D eigenvalue weighted by atomic mass is 19.1. The van der Waals surface area contributed by atoms with Gasteiger partial charge in [-0.1, -0.05) is 31.9 Å². The SMILES string of the molecule is CCCCCN(Cc1ccc(C(=N)N)cc1F)C(C)C. The van der Waals surface area contributed by atoms with Crippen LogP contribution >= 0.6 is 0 Å². The zero-order valence-electron chi connectivity index (χ0n) is 12.7. The summed E-state index contributed by atoms with van der Waals surface area (Å²) in [6, 6.07) is 5.19. The largest absolute Gasteiger partial charge is 0.384 e. The van der Waals surface area contributed by atoms with Crippen molar-refractivity contribution in [1.82, 2.24) is 4.90 Å². The van der Waals surface area contributed by atoms with Crippen molar-refractivity contribution in [3.63, 3.8) is 0 Å². The summed E-state index contributed by atoms with van der Waals surface area (Å²) in [5, 5.41) is 7.33. The van der Waals surface area contributed by atoms with Crippen molar-refractivity contribution < 1.29 is 4.39 Å². The number of nitrogen functional groups attached to an aromatic ring is 1. The molecule has 0 heterocycles. The summed E-state index contributed by atoms with van der Waals surface area (Å²) in [6.45, 7) is 8.03. The summed E-state index contributed by atoms with van der Waals surface area (Å²) >= 11 is 0. The molecule has 0 saturated carbocycles. The number of nitrogens with one attached hydrogen (secondary N) is 1. The highest BCUT2D eigenvalue weighted by molar-refractivity contribution is 5.94. The minimum atomic E-state index is -0.279. The maximum Gasteiger partial charge on any atom is 0.128 e. The number of amidine groups is 1. The quantitative estimate of drug-likeness (QED) is 0.434. The monoisotopic (exact) mass is 279 g/mol. The standard InChI is InChI=1S/C16H26FN3/c1-4-5-6-9-20(12(2)3)11-14-8-7-13(16(18)19)10-15(14)17/h7-8,10,12H,4-6,9,11H2,1-3H3,(H3,18,19). The number of nitrogens with zero attached hydrogens (tertiary/aromatic N) is 1. The second kappa shape index (κ2) is 8.00. The van der Waals surface area contributed by atoms with Crippen molar-refractivity contribution in [2.24, 2.45) is 5.73 Å². The maximum absolute atomic E-state index is 14.0. The van der Waals surface area contributed by atoms with E-state index >= 15 is 0 Å². The van der Waals surface area contributed by atoms with Crippen LogP contribution in [0.4, 0.5) is 4.39 Å². The first-order valence-electron chi connectivity index (χ1n) is 7.32. The molecular formula is C16H26FN3. The Morgan fingerprint density at radius 2 is 2.05 bits per heavy atom. The third-order valence-electron chi connectivity index (χ3n) is 3.52. The Bertz CT molecular complexity index is 443. The van der Waals surface area contributed by atoms with Gasteiger partial charge in [0.1, 0.15) is 11.7 Å². The number of hydrogen-bond acceptors (Lipinski definition) is 2. The topological polar surface area (TPSA) is 53.1 Å². The highest BCUT2D eigenvalue weighted by Gasteiger charge is 2.13. The van der Waals surface area contributed by atoms with Crippen LogP contribution in [0.3, 0.4) is 0 Å². The smallest absolute Gasteiger partial charge is 0.128 e. The van der Waals surface area contributed by atoms with Crippen LogP contribution in [0.15, 0.2) is 18.2 Å². The highest BCUT2D eigenvalue weighted by Crippen LogP contribution is 2.15. The summed E-state index contributed by atoms with van der Waals surface area (Å²) in [5.74, 6) is -0.377. The van der Waals surface area contributed by atoms with Gasteiger partial charge in [0.2, 0.25) is 0 Å². The molecule has 1 aromatic rings. The number of unbranched alkanes of at least 4 members (excludes halogenated alkanes) is 2. The Balaban J connectivity index is 2.75. The minimum absolute atomic E-state index is 0.0980. The molecular weight excluding hydrogens is 253 g/mol. The van der Waals surface area contributed by atoms with Crippen LogP contribution in [-0.2, 0) is 6.54 Å². The average Bonchev–Trinajstić information content (AvgIpc) is 2.39. The Hall–Kier alpha value is -1.42. The van der Waals surface area contributed by atoms with E-state index in [1.807, 2.05) is 0 Å². The minimum Gasteiger partial charge on any atom is -0.384 e. The maximum atomic E-state index is 14.0. The van der Waals surface area contributed by atoms with Crippen molar-refractivity contribution in [2.45, 2.75) is 52.6 Å². The van der Waals surface area contributed by atoms with Gasteiger partial charge < -0.3 is 5.73 Å². The Morgan fingerprint density at radius 3 is 2.55 bits per heavy atom. The molecule has 3 nitrogen and oxygen atoms in total. The Kier molecular flexibility index (Phi) is 6.65. The number of rotatable bonds is 8. The van der Waals surface area contributed by atoms with E-state index in [0.29, 0.717) is 23.7 Å². The van der Waals surface area contributed by atoms with E-state index in [2.05, 4.69) is 25.7 Å². The van der Waals surface area contributed by atoms with E-state index in [0.717, 1.165) is 13.0 Å². The fourth-order valence-electron chi connectivity index (χ4n) is 2.15. The molecule has 0 aliphatic rings. The number of nitrogens with two attached hydrogens (primary N) is 1. The zero-order chi connectivity index (χ0) is 15.1. The average molecular weight is 279 g/mol. The van der Waals surface area contributed by atoms with Crippen LogP contribution in [0, 0.1) is 11.2 Å². The Labute approximate surface area is 121 Å². The van der Waals surface area contributed by atoms with Crippen molar-refractivity contribution in [3.05, 3.63) is 35.1 Å². The lowest BCUT2D eigenvalue weighted by Gasteiger charge is -2.26. The molecule has 0 amide bonds. The Morgan fingerprint density at radius 1 is 1.35 bits per heavy atom. The second-order valence-corrected chi connectivity index (χ2v) is 5.49. The van der Waals surface area contributed by atoms with Crippen LogP contribution in [-0.4, -0.2) is 23.3 Å². The van der Waals surface area contributed by atoms with Gasteiger partial charge in [-0.3, -0.25) is 10.3 Å². The molecule has 20 heavy (non-hydrogen) atoms. The lowest BCUT2D eigenvalue weighted by Crippen LogP contribution is -2.31. The molecule has 0 spiro atoms. The summed E-state index contributed by atoms with van der Waals surface area (Å²) in [6.07, 6.45) is 3.53. The van der Waals surface area contributed by atoms with Gasteiger partial charge in [-0.25, -0.2) is 4.39 Å². The number of hydrogen-bond donors (Lipinski definition) is 2. The first-order valence-corrected chi connectivity index (χ1v) is 7.32. The van der Waals surface area contributed by atoms with Gasteiger partial charge in [0.05, 0.1) is 0 Å². The van der Waals surface area contributed by atoms with E-state index in [4.69, 9.17) is 11.1 Å². The molecule has 0 unspecified atom stereocenters. The van der Waals surface area contributed by atoms with Gasteiger partial charge in [-0.2, -0.15) is 0 Å². The lowest BCUT2D eigenvalue weighted by molar-refractivity contribution is 0.206. The van der Waals surface area contributed by atoms with E-state index in [1.165, 1.54) is 18.9 Å². The third-order valence-corrected chi connectivity index (χ3v) is 3.52. The van der Waals surface area contributed by atoms with Gasteiger partial charge in [-0.15, -0.1) is 0 Å². The molecule has 0 saturated heterocycles. The van der Waals surface area contributed by atoms with Gasteiger partial charge in [0, 0.05) is 23.7 Å². The fourth-order valence-corrected chi connectivity index (χ4v) is 2.15. The summed E-state index contributed by atoms with van der Waals surface area (Å²) in [4.78, 5) is 2.28. The molecule has 0 fully saturated rings. The fraction of sp³-hybridized carbons (Fsp3) is 0.562. The zero-order valence-corrected chi connectivity index (χ0v) is 12.7. The molecule has 3 N–H and O–H groups in total. The summed E-state index contributed by atoms with van der Waals surface area (Å²) in [5.41, 5.74) is 6.47.